The largest absolute Gasteiger partial charge is 0.496 e. The van der Waals surface area contributed by atoms with Gasteiger partial charge < -0.3 is 19.9 Å². The maximum Gasteiger partial charge on any atom is 0.419 e. The number of carboxylic acid groups (broad SMARTS) is 1. The lowest BCUT2D eigenvalue weighted by atomic mass is 9.78. The number of carbonyl (C=O) groups excluding carboxylic acids is 1. The molecule has 4 rings (SSSR count). The predicted molar refractivity (Wildman–Crippen MR) is 114 cm³/mol. The van der Waals surface area contributed by atoms with Gasteiger partial charge in [-0.05, 0) is 29.8 Å². The topological polar surface area (TPSA) is 114 Å². The van der Waals surface area contributed by atoms with E-state index in [1.807, 2.05) is 0 Å². The Morgan fingerprint density at radius 2 is 1.78 bits per heavy atom. The van der Waals surface area contributed by atoms with E-state index in [0.717, 1.165) is 0 Å². The van der Waals surface area contributed by atoms with Crippen LogP contribution < -0.4 is 14.8 Å². The molecular formula is C23H17F6N3O5. The van der Waals surface area contributed by atoms with Crippen molar-refractivity contribution >= 4 is 17.7 Å². The van der Waals surface area contributed by atoms with E-state index in [0.29, 0.717) is 23.3 Å². The van der Waals surface area contributed by atoms with Crippen LogP contribution in [0.2, 0.25) is 0 Å². The summed E-state index contributed by atoms with van der Waals surface area (Å²) >= 11 is 0. The summed E-state index contributed by atoms with van der Waals surface area (Å²) in [6.07, 6.45) is -8.65. The lowest BCUT2D eigenvalue weighted by Gasteiger charge is -2.28. The fourth-order valence-corrected chi connectivity index (χ4v) is 4.07. The van der Waals surface area contributed by atoms with E-state index >= 15 is 0 Å². The normalized spacial score (nSPS) is 17.6. The molecule has 2 aromatic carbocycles. The molecule has 8 nitrogen and oxygen atoms in total. The fourth-order valence-electron chi connectivity index (χ4n) is 4.07. The molecule has 1 aliphatic heterocycles. The first-order chi connectivity index (χ1) is 17.3. The van der Waals surface area contributed by atoms with Gasteiger partial charge in [-0.1, -0.05) is 12.1 Å². The van der Waals surface area contributed by atoms with Gasteiger partial charge >= 0.3 is 18.3 Å². The van der Waals surface area contributed by atoms with E-state index in [-0.39, 0.29) is 23.2 Å². The first-order valence-electron chi connectivity index (χ1n) is 10.5. The van der Waals surface area contributed by atoms with Crippen molar-refractivity contribution in [3.63, 3.8) is 0 Å². The Morgan fingerprint density at radius 3 is 2.41 bits per heavy atom. The number of nitrogens with one attached hydrogen (secondary N) is 2. The maximum atomic E-state index is 13.4. The van der Waals surface area contributed by atoms with Crippen LogP contribution in [0.1, 0.15) is 33.7 Å². The van der Waals surface area contributed by atoms with Crippen LogP contribution in [0, 0.1) is 5.92 Å². The van der Waals surface area contributed by atoms with Crippen LogP contribution in [0.25, 0.3) is 0 Å². The van der Waals surface area contributed by atoms with Crippen LogP contribution in [0.15, 0.2) is 42.6 Å². The van der Waals surface area contributed by atoms with Crippen molar-refractivity contribution in [2.24, 2.45) is 5.92 Å². The molecule has 0 saturated carbocycles. The zero-order valence-electron chi connectivity index (χ0n) is 18.7. The number of nitrogens with zero attached hydrogens (tertiary/aromatic N) is 1. The van der Waals surface area contributed by atoms with Crippen LogP contribution in [0.5, 0.6) is 11.5 Å². The lowest BCUT2D eigenvalue weighted by molar-refractivity contribution is -0.147. The van der Waals surface area contributed by atoms with Crippen LogP contribution >= 0.6 is 0 Å². The Bertz CT molecular complexity index is 1350. The Kier molecular flexibility index (Phi) is 6.52. The molecule has 37 heavy (non-hydrogen) atoms. The number of hydrogen-bond donors (Lipinski definition) is 3. The first kappa shape index (κ1) is 25.9. The number of aliphatic carboxylic acids is 1. The van der Waals surface area contributed by atoms with Crippen LogP contribution in [0.3, 0.4) is 0 Å². The van der Waals surface area contributed by atoms with Gasteiger partial charge in [0.1, 0.15) is 24.0 Å². The maximum absolute atomic E-state index is 13.4. The summed E-state index contributed by atoms with van der Waals surface area (Å²) < 4.78 is 89.5. The highest BCUT2D eigenvalue weighted by Gasteiger charge is 2.43. The van der Waals surface area contributed by atoms with Crippen molar-refractivity contribution in [2.45, 2.75) is 24.9 Å². The molecule has 0 spiro atoms. The summed E-state index contributed by atoms with van der Waals surface area (Å²) in [5, 5.41) is 18.5. The second-order valence-corrected chi connectivity index (χ2v) is 8.04. The molecule has 0 aliphatic carbocycles. The molecule has 2 heterocycles. The SMILES string of the molecule is COc1cc(C2c3c[nH]nc3NC(=O)C2C(=O)O)ccc1COc1ccc(C(F)(F)F)cc1C(F)(F)F. The van der Waals surface area contributed by atoms with Crippen molar-refractivity contribution in [1.29, 1.82) is 0 Å². The van der Waals surface area contributed by atoms with Crippen molar-refractivity contribution in [3.05, 3.63) is 70.4 Å². The van der Waals surface area contributed by atoms with Crippen molar-refractivity contribution in [3.8, 4) is 11.5 Å². The smallest absolute Gasteiger partial charge is 0.419 e. The number of carboxylic acids is 1. The predicted octanol–water partition coefficient (Wildman–Crippen LogP) is 4.82. The van der Waals surface area contributed by atoms with E-state index in [9.17, 15) is 41.0 Å². The standard InChI is InChI=1S/C23H17F6N3O5/c1-36-16-6-10(17-13-8-30-32-19(13)31-20(33)18(17)21(34)35)2-3-11(16)9-37-15-5-4-12(22(24,25)26)7-14(15)23(27,28)29/h2-8,17-18H,9H2,1H3,(H,34,35)(H2,30,31,32,33). The van der Waals surface area contributed by atoms with Crippen LogP contribution in [0.4, 0.5) is 32.2 Å². The number of H-pyrrole nitrogens is 1. The van der Waals surface area contributed by atoms with Crippen molar-refractivity contribution < 1.29 is 50.5 Å². The molecule has 0 radical (unpaired) electrons. The molecule has 1 aliphatic rings. The molecule has 0 saturated heterocycles. The number of rotatable bonds is 6. The minimum atomic E-state index is -5.11. The van der Waals surface area contributed by atoms with Crippen LogP contribution in [-0.4, -0.2) is 34.3 Å². The summed E-state index contributed by atoms with van der Waals surface area (Å²) in [7, 11) is 1.26. The average molecular weight is 529 g/mol. The quantitative estimate of drug-likeness (QED) is 0.312. The van der Waals surface area contributed by atoms with E-state index in [4.69, 9.17) is 9.47 Å². The van der Waals surface area contributed by atoms with E-state index in [2.05, 4.69) is 15.5 Å². The summed E-state index contributed by atoms with van der Waals surface area (Å²) in [5.41, 5.74) is -2.10. The second kappa shape index (κ2) is 9.33. The van der Waals surface area contributed by atoms with Gasteiger partial charge in [0, 0.05) is 23.2 Å². The summed E-state index contributed by atoms with van der Waals surface area (Å²) in [6.45, 7) is -0.512. The fraction of sp³-hybridized carbons (Fsp3) is 0.261. The molecule has 14 heteroatoms. The molecule has 3 aromatic rings. The van der Waals surface area contributed by atoms with Crippen molar-refractivity contribution in [1.82, 2.24) is 10.2 Å². The molecule has 1 aromatic heterocycles. The number of alkyl halides is 6. The number of ether oxygens (including phenoxy) is 2. The van der Waals surface area contributed by atoms with Gasteiger partial charge in [0.15, 0.2) is 5.82 Å². The molecule has 1 amide bonds. The van der Waals surface area contributed by atoms with Gasteiger partial charge in [-0.15, -0.1) is 0 Å². The molecule has 0 fully saturated rings. The number of methoxy groups -OCH3 is 1. The Hall–Kier alpha value is -4.23. The molecule has 0 bridgehead atoms. The number of carbonyl (C=O) groups is 2. The summed E-state index contributed by atoms with van der Waals surface area (Å²) in [4.78, 5) is 24.3. The van der Waals surface area contributed by atoms with Crippen molar-refractivity contribution in [2.75, 3.05) is 12.4 Å². The highest BCUT2D eigenvalue weighted by molar-refractivity contribution is 6.07. The van der Waals surface area contributed by atoms with E-state index in [1.165, 1.54) is 31.5 Å². The zero-order chi connectivity index (χ0) is 27.1. The molecular weight excluding hydrogens is 512 g/mol. The average Bonchev–Trinajstić information content (AvgIpc) is 3.28. The monoisotopic (exact) mass is 529 g/mol. The summed E-state index contributed by atoms with van der Waals surface area (Å²) in [6, 6.07) is 5.30. The Morgan fingerprint density at radius 1 is 1.05 bits per heavy atom. The van der Waals surface area contributed by atoms with Crippen LogP contribution in [-0.2, 0) is 28.5 Å². The van der Waals surface area contributed by atoms with Gasteiger partial charge in [-0.2, -0.15) is 31.4 Å². The third-order valence-corrected chi connectivity index (χ3v) is 5.79. The lowest BCUT2D eigenvalue weighted by Crippen LogP contribution is -2.39. The summed E-state index contributed by atoms with van der Waals surface area (Å²) in [5.74, 6) is -5.20. The molecule has 196 valence electrons. The number of anilines is 1. The number of amides is 1. The number of benzene rings is 2. The van der Waals surface area contributed by atoms with E-state index in [1.54, 1.807) is 0 Å². The number of aromatic nitrogens is 2. The van der Waals surface area contributed by atoms with Gasteiger partial charge in [0.2, 0.25) is 5.91 Å². The third-order valence-electron chi connectivity index (χ3n) is 5.79. The number of aromatic amines is 1. The van der Waals surface area contributed by atoms with Gasteiger partial charge in [0.05, 0.1) is 18.2 Å². The molecule has 2 unspecified atom stereocenters. The Balaban J connectivity index is 1.66. The number of halogens is 6. The number of hydrogen-bond acceptors (Lipinski definition) is 5. The molecule has 2 atom stereocenters. The third kappa shape index (κ3) is 5.04. The Labute approximate surface area is 204 Å². The number of fused-ring (bicyclic) bond motifs is 1. The first-order valence-corrected chi connectivity index (χ1v) is 10.5. The van der Waals surface area contributed by atoms with E-state index < -0.39 is 59.5 Å². The second-order valence-electron chi connectivity index (χ2n) is 8.04. The molecule has 3 N–H and O–H groups in total. The minimum absolute atomic E-state index is 0.0294. The van der Waals surface area contributed by atoms with Gasteiger partial charge in [-0.25, -0.2) is 0 Å². The van der Waals surface area contributed by atoms with Gasteiger partial charge in [-0.3, -0.25) is 14.7 Å². The minimum Gasteiger partial charge on any atom is -0.496 e. The zero-order valence-corrected chi connectivity index (χ0v) is 18.7. The van der Waals surface area contributed by atoms with Gasteiger partial charge in [0.25, 0.3) is 0 Å². The highest BCUT2D eigenvalue weighted by Crippen LogP contribution is 2.43. The highest BCUT2D eigenvalue weighted by atomic mass is 19.4.